The lowest BCUT2D eigenvalue weighted by Crippen LogP contribution is -2.60. The van der Waals surface area contributed by atoms with Gasteiger partial charge in [0, 0.05) is 42.1 Å². The molecule has 3 N–H and O–H groups in total. The number of pyridine rings is 2. The second-order valence-corrected chi connectivity index (χ2v) is 9.94. The molecule has 5 aromatic rings. The first kappa shape index (κ1) is 22.4. The minimum absolute atomic E-state index is 0.439. The molecule has 2 aromatic carbocycles. The second-order valence-electron chi connectivity index (χ2n) is 9.94. The van der Waals surface area contributed by atoms with E-state index in [2.05, 4.69) is 58.0 Å². The predicted molar refractivity (Wildman–Crippen MR) is 143 cm³/mol. The largest absolute Gasteiger partial charge is 0.354 e. The summed E-state index contributed by atoms with van der Waals surface area (Å²) in [6.45, 7) is 4.10. The second kappa shape index (κ2) is 8.34. The summed E-state index contributed by atoms with van der Waals surface area (Å²) < 4.78 is 13.6. The average Bonchev–Trinajstić information content (AvgIpc) is 3.56. The van der Waals surface area contributed by atoms with Crippen molar-refractivity contribution >= 4 is 22.5 Å². The molecule has 0 radical (unpaired) electrons. The van der Waals surface area contributed by atoms with Gasteiger partial charge in [0.25, 0.3) is 0 Å². The summed E-state index contributed by atoms with van der Waals surface area (Å²) in [6.07, 6.45) is 3.31. The molecule has 1 aliphatic carbocycles. The molecule has 7 rings (SSSR count). The van der Waals surface area contributed by atoms with Crippen LogP contribution in [0.4, 0.5) is 5.95 Å². The topological polar surface area (TPSA) is 99.6 Å². The normalized spacial score (nSPS) is 17.9. The zero-order valence-corrected chi connectivity index (χ0v) is 20.6. The van der Waals surface area contributed by atoms with Gasteiger partial charge in [-0.25, -0.2) is 4.98 Å². The van der Waals surface area contributed by atoms with E-state index >= 15 is 0 Å². The fourth-order valence-corrected chi connectivity index (χ4v) is 5.71. The number of nitrogens with two attached hydrogens (primary N) is 1. The van der Waals surface area contributed by atoms with Crippen LogP contribution < -0.4 is 11.1 Å². The molecule has 2 fully saturated rings. The Morgan fingerprint density at radius 1 is 0.946 bits per heavy atom. The van der Waals surface area contributed by atoms with E-state index < -0.39 is 11.3 Å². The Morgan fingerprint density at radius 2 is 1.70 bits per heavy atom. The summed E-state index contributed by atoms with van der Waals surface area (Å²) in [4.78, 5) is 5.14. The average molecular weight is 493 g/mol. The van der Waals surface area contributed by atoms with Crippen molar-refractivity contribution in [1.82, 2.24) is 19.6 Å². The van der Waals surface area contributed by atoms with Gasteiger partial charge in [0.15, 0.2) is 11.4 Å². The number of fused-ring (bicyclic) bond motifs is 3. The molecule has 0 atom stereocenters. The highest BCUT2D eigenvalue weighted by molar-refractivity contribution is 5.98. The first-order valence-electron chi connectivity index (χ1n) is 12.7. The molecule has 8 nitrogen and oxygen atoms in total. The van der Waals surface area contributed by atoms with Crippen LogP contribution in [0.2, 0.25) is 0 Å². The van der Waals surface area contributed by atoms with Gasteiger partial charge in [-0.15, -0.1) is 10.2 Å². The van der Waals surface area contributed by atoms with E-state index in [1.165, 1.54) is 0 Å². The summed E-state index contributed by atoms with van der Waals surface area (Å²) >= 11 is 0. The van der Waals surface area contributed by atoms with Gasteiger partial charge in [0.05, 0.1) is 30.0 Å². The van der Waals surface area contributed by atoms with E-state index in [4.69, 9.17) is 20.2 Å². The minimum Gasteiger partial charge on any atom is -0.354 e. The van der Waals surface area contributed by atoms with Crippen molar-refractivity contribution in [3.05, 3.63) is 78.5 Å². The quantitative estimate of drug-likeness (QED) is 0.366. The third-order valence-electron chi connectivity index (χ3n) is 7.51. The van der Waals surface area contributed by atoms with Gasteiger partial charge < -0.3 is 20.5 Å². The molecule has 37 heavy (non-hydrogen) atoms. The molecule has 8 heteroatoms. The number of hydrogen-bond acceptors (Lipinski definition) is 7. The first-order chi connectivity index (χ1) is 18.1. The highest BCUT2D eigenvalue weighted by Crippen LogP contribution is 2.51. The Labute approximate surface area is 214 Å². The van der Waals surface area contributed by atoms with E-state index in [9.17, 15) is 0 Å². The number of rotatable bonds is 5. The SMILES string of the molecule is CCNc1nnc2c3cc(-c4ccccc4)c(-c4ccc(C5(N)CC6(C5)OCCO6)cc4)nc3ccn12. The van der Waals surface area contributed by atoms with Crippen molar-refractivity contribution in [3.63, 3.8) is 0 Å². The van der Waals surface area contributed by atoms with Crippen molar-refractivity contribution in [1.29, 1.82) is 0 Å². The molecule has 0 bridgehead atoms. The van der Waals surface area contributed by atoms with Gasteiger partial charge in [-0.2, -0.15) is 0 Å². The molecule has 1 saturated heterocycles. The number of anilines is 1. The van der Waals surface area contributed by atoms with E-state index in [-0.39, 0.29) is 0 Å². The highest BCUT2D eigenvalue weighted by Gasteiger charge is 2.57. The van der Waals surface area contributed by atoms with Crippen molar-refractivity contribution in [3.8, 4) is 22.4 Å². The molecular weight excluding hydrogens is 464 g/mol. The summed E-state index contributed by atoms with van der Waals surface area (Å²) in [6, 6.07) is 23.0. The minimum atomic E-state index is -0.493. The fraction of sp³-hybridized carbons (Fsp3) is 0.276. The Morgan fingerprint density at radius 3 is 2.43 bits per heavy atom. The lowest BCUT2D eigenvalue weighted by molar-refractivity contribution is -0.239. The molecule has 1 spiro atoms. The van der Waals surface area contributed by atoms with Gasteiger partial charge >= 0.3 is 0 Å². The molecular formula is C29H28N6O2. The van der Waals surface area contributed by atoms with Crippen molar-refractivity contribution in [2.75, 3.05) is 25.1 Å². The molecule has 3 aromatic heterocycles. The molecule has 0 amide bonds. The smallest absolute Gasteiger partial charge is 0.229 e. The van der Waals surface area contributed by atoms with Crippen LogP contribution in [0, 0.1) is 0 Å². The number of hydrogen-bond donors (Lipinski definition) is 2. The van der Waals surface area contributed by atoms with Crippen molar-refractivity contribution in [2.24, 2.45) is 5.73 Å². The Hall–Kier alpha value is -3.85. The molecule has 1 aliphatic heterocycles. The monoisotopic (exact) mass is 492 g/mol. The van der Waals surface area contributed by atoms with Crippen LogP contribution in [0.1, 0.15) is 25.3 Å². The fourth-order valence-electron chi connectivity index (χ4n) is 5.71. The number of benzene rings is 2. The van der Waals surface area contributed by atoms with Crippen LogP contribution in [0.15, 0.2) is 72.9 Å². The number of ether oxygens (including phenoxy) is 2. The third-order valence-corrected chi connectivity index (χ3v) is 7.51. The van der Waals surface area contributed by atoms with Crippen LogP contribution in [0.3, 0.4) is 0 Å². The number of nitrogens with one attached hydrogen (secondary N) is 1. The molecule has 2 aliphatic rings. The van der Waals surface area contributed by atoms with Crippen molar-refractivity contribution in [2.45, 2.75) is 31.1 Å². The van der Waals surface area contributed by atoms with Crippen molar-refractivity contribution < 1.29 is 9.47 Å². The number of aromatic nitrogens is 4. The Kier molecular flexibility index (Phi) is 5.04. The van der Waals surface area contributed by atoms with Crippen LogP contribution in [-0.4, -0.2) is 45.1 Å². The van der Waals surface area contributed by atoms with Gasteiger partial charge in [0.1, 0.15) is 0 Å². The highest BCUT2D eigenvalue weighted by atomic mass is 16.7. The van der Waals surface area contributed by atoms with Gasteiger partial charge in [0.2, 0.25) is 5.95 Å². The van der Waals surface area contributed by atoms with Gasteiger partial charge in [-0.1, -0.05) is 54.6 Å². The third kappa shape index (κ3) is 3.60. The van der Waals surface area contributed by atoms with Crippen LogP contribution >= 0.6 is 0 Å². The zero-order chi connectivity index (χ0) is 25.0. The molecule has 4 heterocycles. The molecule has 0 unspecified atom stereocenters. The molecule has 186 valence electrons. The summed E-state index contributed by atoms with van der Waals surface area (Å²) in [5.41, 5.74) is 13.1. The Balaban J connectivity index is 1.32. The van der Waals surface area contributed by atoms with Gasteiger partial charge in [-0.05, 0) is 30.2 Å². The van der Waals surface area contributed by atoms with Crippen LogP contribution in [0.25, 0.3) is 38.9 Å². The maximum Gasteiger partial charge on any atom is 0.229 e. The van der Waals surface area contributed by atoms with Crippen LogP contribution in [-0.2, 0) is 15.0 Å². The van der Waals surface area contributed by atoms with E-state index in [0.717, 1.165) is 57.0 Å². The standard InChI is InChI=1S/C29H28N6O2/c1-2-31-27-34-33-26-23-16-22(19-6-4-3-5-7-19)25(32-24(23)12-13-35(26)27)20-8-10-21(11-9-20)28(30)17-29(18-28)36-14-15-37-29/h3-13,16H,2,14-15,17-18,30H2,1H3,(H,31,34). The summed E-state index contributed by atoms with van der Waals surface area (Å²) in [5.74, 6) is 0.232. The summed E-state index contributed by atoms with van der Waals surface area (Å²) in [5, 5.41) is 13.0. The Bertz CT molecular complexity index is 1600. The maximum atomic E-state index is 6.74. The van der Waals surface area contributed by atoms with E-state index in [1.54, 1.807) is 0 Å². The van der Waals surface area contributed by atoms with Crippen LogP contribution in [0.5, 0.6) is 0 Å². The lowest BCUT2D eigenvalue weighted by Gasteiger charge is -2.50. The van der Waals surface area contributed by atoms with Gasteiger partial charge in [-0.3, -0.25) is 4.40 Å². The lowest BCUT2D eigenvalue weighted by atomic mass is 9.68. The zero-order valence-electron chi connectivity index (χ0n) is 20.6. The summed E-state index contributed by atoms with van der Waals surface area (Å²) in [7, 11) is 0. The van der Waals surface area contributed by atoms with E-state index in [0.29, 0.717) is 26.1 Å². The molecule has 1 saturated carbocycles. The maximum absolute atomic E-state index is 6.74. The van der Waals surface area contributed by atoms with E-state index in [1.807, 2.05) is 41.8 Å². The predicted octanol–water partition coefficient (Wildman–Crippen LogP) is 4.73. The first-order valence-corrected chi connectivity index (χ1v) is 12.7. The number of nitrogens with zero attached hydrogens (tertiary/aromatic N) is 4.